The zero-order valence-corrected chi connectivity index (χ0v) is 10.1. The standard InChI is InChI=1S/C10H17N5O2/c1-3-15(4-2)9(16)5-6-11-10(17)8-7-12-14-13-8/h7H,3-6H2,1-2H3,(H,11,17)(H,12,13,14). The molecule has 0 saturated carbocycles. The third-order valence-electron chi connectivity index (χ3n) is 2.39. The molecule has 0 unspecified atom stereocenters. The molecule has 0 aliphatic rings. The molecule has 0 aliphatic carbocycles. The van der Waals surface area contributed by atoms with Gasteiger partial charge in [0.2, 0.25) is 5.91 Å². The number of aromatic amines is 1. The van der Waals surface area contributed by atoms with Crippen LogP contribution in [-0.4, -0.2) is 51.8 Å². The van der Waals surface area contributed by atoms with Gasteiger partial charge < -0.3 is 10.2 Å². The number of carbonyl (C=O) groups excluding carboxylic acids is 2. The second kappa shape index (κ2) is 6.62. The van der Waals surface area contributed by atoms with Gasteiger partial charge in [-0.2, -0.15) is 15.4 Å². The molecule has 2 amide bonds. The van der Waals surface area contributed by atoms with Gasteiger partial charge in [-0.25, -0.2) is 0 Å². The van der Waals surface area contributed by atoms with Crippen molar-refractivity contribution in [2.24, 2.45) is 0 Å². The lowest BCUT2D eigenvalue weighted by Crippen LogP contribution is -2.34. The number of nitrogens with one attached hydrogen (secondary N) is 2. The Bertz CT molecular complexity index is 359. The minimum Gasteiger partial charge on any atom is -0.350 e. The Balaban J connectivity index is 2.28. The van der Waals surface area contributed by atoms with Crippen molar-refractivity contribution in [3.05, 3.63) is 11.9 Å². The van der Waals surface area contributed by atoms with Crippen molar-refractivity contribution < 1.29 is 9.59 Å². The number of hydrogen-bond donors (Lipinski definition) is 2. The molecule has 17 heavy (non-hydrogen) atoms. The van der Waals surface area contributed by atoms with Crippen LogP contribution in [0.2, 0.25) is 0 Å². The van der Waals surface area contributed by atoms with Crippen LogP contribution in [0.1, 0.15) is 30.8 Å². The molecular weight excluding hydrogens is 222 g/mol. The summed E-state index contributed by atoms with van der Waals surface area (Å²) in [6.07, 6.45) is 1.63. The summed E-state index contributed by atoms with van der Waals surface area (Å²) < 4.78 is 0. The largest absolute Gasteiger partial charge is 0.350 e. The van der Waals surface area contributed by atoms with Crippen molar-refractivity contribution in [1.29, 1.82) is 0 Å². The van der Waals surface area contributed by atoms with Crippen molar-refractivity contribution in [1.82, 2.24) is 25.6 Å². The van der Waals surface area contributed by atoms with Gasteiger partial charge in [-0.1, -0.05) is 0 Å². The molecule has 1 aromatic rings. The zero-order chi connectivity index (χ0) is 12.7. The molecule has 0 aromatic carbocycles. The van der Waals surface area contributed by atoms with Crippen molar-refractivity contribution >= 4 is 11.8 Å². The molecule has 2 N–H and O–H groups in total. The molecule has 1 rings (SSSR count). The fourth-order valence-electron chi connectivity index (χ4n) is 1.42. The van der Waals surface area contributed by atoms with Gasteiger partial charge in [0, 0.05) is 26.1 Å². The molecule has 0 saturated heterocycles. The van der Waals surface area contributed by atoms with Crippen molar-refractivity contribution in [2.75, 3.05) is 19.6 Å². The Hall–Kier alpha value is -1.92. The normalized spacial score (nSPS) is 10.0. The Morgan fingerprint density at radius 3 is 2.65 bits per heavy atom. The first-order valence-electron chi connectivity index (χ1n) is 5.60. The minimum atomic E-state index is -0.328. The van der Waals surface area contributed by atoms with E-state index in [9.17, 15) is 9.59 Å². The van der Waals surface area contributed by atoms with E-state index in [-0.39, 0.29) is 17.5 Å². The average molecular weight is 239 g/mol. The van der Waals surface area contributed by atoms with Gasteiger partial charge in [0.1, 0.15) is 0 Å². The van der Waals surface area contributed by atoms with E-state index >= 15 is 0 Å². The molecular formula is C10H17N5O2. The molecule has 7 nitrogen and oxygen atoms in total. The van der Waals surface area contributed by atoms with E-state index in [2.05, 4.69) is 20.7 Å². The summed E-state index contributed by atoms with van der Waals surface area (Å²) in [5, 5.41) is 12.1. The lowest BCUT2D eigenvalue weighted by Gasteiger charge is -2.18. The van der Waals surface area contributed by atoms with Crippen LogP contribution in [0.4, 0.5) is 0 Å². The lowest BCUT2D eigenvalue weighted by atomic mass is 10.3. The number of nitrogens with zero attached hydrogens (tertiary/aromatic N) is 3. The maximum absolute atomic E-state index is 11.6. The topological polar surface area (TPSA) is 91.0 Å². The molecule has 94 valence electrons. The van der Waals surface area contributed by atoms with E-state index in [0.717, 1.165) is 0 Å². The van der Waals surface area contributed by atoms with E-state index in [1.54, 1.807) is 4.90 Å². The highest BCUT2D eigenvalue weighted by molar-refractivity contribution is 5.92. The zero-order valence-electron chi connectivity index (χ0n) is 10.1. The summed E-state index contributed by atoms with van der Waals surface area (Å²) in [7, 11) is 0. The Kier molecular flexibility index (Phi) is 5.12. The van der Waals surface area contributed by atoms with Crippen LogP contribution in [0.5, 0.6) is 0 Å². The Morgan fingerprint density at radius 1 is 1.41 bits per heavy atom. The molecule has 0 fully saturated rings. The summed E-state index contributed by atoms with van der Waals surface area (Å²) in [5.74, 6) is -0.290. The first-order chi connectivity index (χ1) is 8.19. The van der Waals surface area contributed by atoms with Gasteiger partial charge in [0.15, 0.2) is 5.69 Å². The van der Waals surface area contributed by atoms with Gasteiger partial charge in [-0.3, -0.25) is 9.59 Å². The summed E-state index contributed by atoms with van der Waals surface area (Å²) in [6, 6.07) is 0. The first-order valence-corrected chi connectivity index (χ1v) is 5.60. The number of rotatable bonds is 6. The quantitative estimate of drug-likeness (QED) is 0.718. The van der Waals surface area contributed by atoms with E-state index in [1.807, 2.05) is 13.8 Å². The number of amides is 2. The molecule has 0 aliphatic heterocycles. The second-order valence-electron chi connectivity index (χ2n) is 3.43. The van der Waals surface area contributed by atoms with Gasteiger partial charge in [-0.05, 0) is 13.8 Å². The van der Waals surface area contributed by atoms with Gasteiger partial charge in [0.25, 0.3) is 5.91 Å². The third-order valence-corrected chi connectivity index (χ3v) is 2.39. The van der Waals surface area contributed by atoms with Crippen LogP contribution in [0.15, 0.2) is 6.20 Å². The number of hydrogen-bond acceptors (Lipinski definition) is 4. The number of carbonyl (C=O) groups is 2. The maximum atomic E-state index is 11.6. The van der Waals surface area contributed by atoms with Crippen LogP contribution in [0.25, 0.3) is 0 Å². The molecule has 7 heteroatoms. The van der Waals surface area contributed by atoms with E-state index in [4.69, 9.17) is 0 Å². The Morgan fingerprint density at radius 2 is 2.12 bits per heavy atom. The highest BCUT2D eigenvalue weighted by Crippen LogP contribution is 1.94. The lowest BCUT2D eigenvalue weighted by molar-refractivity contribution is -0.130. The van der Waals surface area contributed by atoms with Crippen LogP contribution in [-0.2, 0) is 4.79 Å². The van der Waals surface area contributed by atoms with Crippen LogP contribution < -0.4 is 5.32 Å². The van der Waals surface area contributed by atoms with Crippen molar-refractivity contribution in [3.8, 4) is 0 Å². The Labute approximate surface area is 99.6 Å². The molecule has 1 aromatic heterocycles. The SMILES string of the molecule is CCN(CC)C(=O)CCNC(=O)c1cn[nH]n1. The van der Waals surface area contributed by atoms with Crippen LogP contribution in [0, 0.1) is 0 Å². The van der Waals surface area contributed by atoms with E-state index in [1.165, 1.54) is 6.20 Å². The summed E-state index contributed by atoms with van der Waals surface area (Å²) in [4.78, 5) is 24.8. The molecule has 0 atom stereocenters. The monoisotopic (exact) mass is 239 g/mol. The van der Waals surface area contributed by atoms with Gasteiger partial charge in [-0.15, -0.1) is 0 Å². The van der Waals surface area contributed by atoms with Gasteiger partial charge >= 0.3 is 0 Å². The molecule has 1 heterocycles. The summed E-state index contributed by atoms with van der Waals surface area (Å²) >= 11 is 0. The van der Waals surface area contributed by atoms with Crippen molar-refractivity contribution in [3.63, 3.8) is 0 Å². The van der Waals surface area contributed by atoms with E-state index < -0.39 is 0 Å². The highest BCUT2D eigenvalue weighted by atomic mass is 16.2. The molecule has 0 bridgehead atoms. The molecule has 0 spiro atoms. The smallest absolute Gasteiger partial charge is 0.273 e. The summed E-state index contributed by atoms with van der Waals surface area (Å²) in [6.45, 7) is 5.53. The molecule has 0 radical (unpaired) electrons. The second-order valence-corrected chi connectivity index (χ2v) is 3.43. The fraction of sp³-hybridized carbons (Fsp3) is 0.600. The fourth-order valence-corrected chi connectivity index (χ4v) is 1.42. The predicted molar refractivity (Wildman–Crippen MR) is 61.3 cm³/mol. The third kappa shape index (κ3) is 3.86. The number of H-pyrrole nitrogens is 1. The van der Waals surface area contributed by atoms with Crippen molar-refractivity contribution in [2.45, 2.75) is 20.3 Å². The predicted octanol–water partition coefficient (Wildman–Crippen LogP) is -0.207. The maximum Gasteiger partial charge on any atom is 0.273 e. The van der Waals surface area contributed by atoms with Crippen LogP contribution in [0.3, 0.4) is 0 Å². The minimum absolute atomic E-state index is 0.0375. The summed E-state index contributed by atoms with van der Waals surface area (Å²) in [5.41, 5.74) is 0.222. The van der Waals surface area contributed by atoms with Gasteiger partial charge in [0.05, 0.1) is 6.20 Å². The highest BCUT2D eigenvalue weighted by Gasteiger charge is 2.11. The average Bonchev–Trinajstić information content (AvgIpc) is 2.84. The van der Waals surface area contributed by atoms with Crippen LogP contribution >= 0.6 is 0 Å². The first kappa shape index (κ1) is 13.1. The van der Waals surface area contributed by atoms with E-state index in [0.29, 0.717) is 26.1 Å². The number of aromatic nitrogens is 3.